The molecule has 2 aromatic rings. The lowest BCUT2D eigenvalue weighted by Crippen LogP contribution is -2.50. The molecular weight excluding hydrogens is 432 g/mol. The van der Waals surface area contributed by atoms with Crippen LogP contribution in [-0.2, 0) is 32.0 Å². The highest BCUT2D eigenvalue weighted by atomic mass is 16.6. The third-order valence-corrected chi connectivity index (χ3v) is 6.39. The highest BCUT2D eigenvalue weighted by molar-refractivity contribution is 5.97. The molecule has 0 unspecified atom stereocenters. The minimum absolute atomic E-state index is 0.0559. The first kappa shape index (κ1) is 25.6. The van der Waals surface area contributed by atoms with Crippen LogP contribution in [0.5, 0.6) is 5.75 Å². The van der Waals surface area contributed by atoms with Gasteiger partial charge >= 0.3 is 0 Å². The Morgan fingerprint density at radius 1 is 1.03 bits per heavy atom. The Kier molecular flexibility index (Phi) is 8.58. The van der Waals surface area contributed by atoms with E-state index in [1.54, 1.807) is 28.0 Å². The number of benzene rings is 2. The Hall–Kier alpha value is -3.03. The van der Waals surface area contributed by atoms with Crippen LogP contribution < -0.4 is 15.4 Å². The summed E-state index contributed by atoms with van der Waals surface area (Å²) in [6.45, 7) is 3.87. The lowest BCUT2D eigenvalue weighted by molar-refractivity contribution is -0.134. The molecule has 0 saturated carbocycles. The van der Waals surface area contributed by atoms with Crippen LogP contribution in [0.4, 0.5) is 0 Å². The Morgan fingerprint density at radius 3 is 2.21 bits per heavy atom. The average Bonchev–Trinajstić information content (AvgIpc) is 3.61. The number of likely N-dealkylation sites (N-methyl/N-ethyl adjacent to an activating group) is 1. The van der Waals surface area contributed by atoms with Gasteiger partial charge in [-0.05, 0) is 57.0 Å². The molecule has 1 fully saturated rings. The molecule has 1 amide bonds. The van der Waals surface area contributed by atoms with Gasteiger partial charge in [-0.1, -0.05) is 42.5 Å². The molecule has 0 aromatic heterocycles. The molecule has 7 heteroatoms. The van der Waals surface area contributed by atoms with Gasteiger partial charge in [0.2, 0.25) is 5.91 Å². The van der Waals surface area contributed by atoms with Gasteiger partial charge in [0.1, 0.15) is 17.1 Å². The third kappa shape index (κ3) is 6.74. The molecule has 3 rings (SSSR count). The summed E-state index contributed by atoms with van der Waals surface area (Å²) in [5, 5.41) is 5.89. The number of epoxide rings is 1. The summed E-state index contributed by atoms with van der Waals surface area (Å²) >= 11 is 0. The summed E-state index contributed by atoms with van der Waals surface area (Å²) in [6, 6.07) is 15.9. The molecule has 2 aromatic carbocycles. The number of nitrogens with one attached hydrogen (secondary N) is 2. The van der Waals surface area contributed by atoms with E-state index in [2.05, 4.69) is 10.6 Å². The van der Waals surface area contributed by atoms with Crippen LogP contribution in [-0.4, -0.2) is 55.9 Å². The summed E-state index contributed by atoms with van der Waals surface area (Å²) in [5.41, 5.74) is 0.987. The maximum atomic E-state index is 13.5. The summed E-state index contributed by atoms with van der Waals surface area (Å²) in [7, 11) is 3.31. The second-order valence-electron chi connectivity index (χ2n) is 9.06. The van der Waals surface area contributed by atoms with Gasteiger partial charge in [-0.3, -0.25) is 14.4 Å². The van der Waals surface area contributed by atoms with E-state index < -0.39 is 17.6 Å². The van der Waals surface area contributed by atoms with Crippen LogP contribution in [0.1, 0.15) is 31.4 Å². The number of methoxy groups -OCH3 is 1. The number of carbonyl (C=O) groups excluding carboxylic acids is 3. The molecule has 1 saturated heterocycles. The van der Waals surface area contributed by atoms with Crippen molar-refractivity contribution in [2.75, 3.05) is 20.8 Å². The number of hydrogen-bond donors (Lipinski definition) is 2. The Morgan fingerprint density at radius 2 is 1.65 bits per heavy atom. The maximum Gasteiger partial charge on any atom is 0.224 e. The maximum absolute atomic E-state index is 13.5. The quantitative estimate of drug-likeness (QED) is 0.441. The number of rotatable bonds is 13. The van der Waals surface area contributed by atoms with E-state index in [-0.39, 0.29) is 29.9 Å². The molecule has 182 valence electrons. The molecule has 1 aliphatic heterocycles. The fraction of sp³-hybridized carbons (Fsp3) is 0.444. The van der Waals surface area contributed by atoms with E-state index in [1.165, 1.54) is 0 Å². The SMILES string of the molecule is CN[C@@H](C)C(=O)C[C@@H](Cc1ccc(OC)cc1)C(=O)N[C@@H](Cc1ccccc1)C(=O)[C@@]1(C)CO1. The molecule has 0 bridgehead atoms. The van der Waals surface area contributed by atoms with Crippen LogP contribution in [0.3, 0.4) is 0 Å². The van der Waals surface area contributed by atoms with Gasteiger partial charge in [0, 0.05) is 12.3 Å². The number of ketones is 2. The van der Waals surface area contributed by atoms with Crippen molar-refractivity contribution < 1.29 is 23.9 Å². The van der Waals surface area contributed by atoms with Crippen molar-refractivity contribution in [2.24, 2.45) is 5.92 Å². The van der Waals surface area contributed by atoms with Crippen molar-refractivity contribution in [1.29, 1.82) is 0 Å². The van der Waals surface area contributed by atoms with Crippen LogP contribution in [0.25, 0.3) is 0 Å². The van der Waals surface area contributed by atoms with E-state index in [0.29, 0.717) is 19.4 Å². The minimum atomic E-state index is -0.866. The first-order valence-electron chi connectivity index (χ1n) is 11.6. The smallest absolute Gasteiger partial charge is 0.224 e. The van der Waals surface area contributed by atoms with Gasteiger partial charge in [0.25, 0.3) is 0 Å². The number of Topliss-reactive ketones (excluding diaryl/α,β-unsaturated/α-hetero) is 2. The normalized spacial score (nSPS) is 19.5. The van der Waals surface area contributed by atoms with Gasteiger partial charge in [-0.15, -0.1) is 0 Å². The van der Waals surface area contributed by atoms with E-state index in [1.807, 2.05) is 54.6 Å². The second-order valence-corrected chi connectivity index (χ2v) is 9.06. The number of carbonyl (C=O) groups is 3. The Labute approximate surface area is 201 Å². The average molecular weight is 467 g/mol. The van der Waals surface area contributed by atoms with Crippen molar-refractivity contribution in [2.45, 2.75) is 50.8 Å². The van der Waals surface area contributed by atoms with Gasteiger partial charge in [-0.25, -0.2) is 0 Å². The van der Waals surface area contributed by atoms with Crippen molar-refractivity contribution in [3.63, 3.8) is 0 Å². The summed E-state index contributed by atoms with van der Waals surface area (Å²) in [5.74, 6) is -0.417. The van der Waals surface area contributed by atoms with Gasteiger partial charge < -0.3 is 20.1 Å². The Balaban J connectivity index is 1.80. The number of ether oxygens (including phenoxy) is 2. The Bertz CT molecular complexity index is 986. The fourth-order valence-corrected chi connectivity index (χ4v) is 3.85. The zero-order valence-electron chi connectivity index (χ0n) is 20.3. The first-order chi connectivity index (χ1) is 16.3. The predicted molar refractivity (Wildman–Crippen MR) is 130 cm³/mol. The van der Waals surface area contributed by atoms with Crippen molar-refractivity contribution in [1.82, 2.24) is 10.6 Å². The van der Waals surface area contributed by atoms with Crippen molar-refractivity contribution >= 4 is 17.5 Å². The molecule has 34 heavy (non-hydrogen) atoms. The van der Waals surface area contributed by atoms with Crippen LogP contribution in [0.2, 0.25) is 0 Å². The van der Waals surface area contributed by atoms with Crippen LogP contribution >= 0.6 is 0 Å². The fourth-order valence-electron chi connectivity index (χ4n) is 3.85. The lowest BCUT2D eigenvalue weighted by Gasteiger charge is -2.24. The molecule has 0 aliphatic carbocycles. The molecule has 1 heterocycles. The highest BCUT2D eigenvalue weighted by Crippen LogP contribution is 2.29. The summed E-state index contributed by atoms with van der Waals surface area (Å²) < 4.78 is 10.6. The number of hydrogen-bond acceptors (Lipinski definition) is 6. The molecule has 4 atom stereocenters. The predicted octanol–water partition coefficient (Wildman–Crippen LogP) is 2.51. The molecular formula is C27H34N2O5. The van der Waals surface area contributed by atoms with Crippen molar-refractivity contribution in [3.8, 4) is 5.75 Å². The van der Waals surface area contributed by atoms with Gasteiger partial charge in [0.15, 0.2) is 5.78 Å². The molecule has 2 N–H and O–H groups in total. The largest absolute Gasteiger partial charge is 0.497 e. The standard InChI is InChI=1S/C27H34N2O5/c1-18(28-3)24(30)16-21(14-20-10-12-22(33-4)13-11-20)26(32)29-23(25(31)27(2)17-34-27)15-19-8-6-5-7-9-19/h5-13,18,21,23,28H,14-17H2,1-4H3,(H,29,32)/t18-,21+,23-,27+/m0/s1. The molecule has 1 aliphatic rings. The minimum Gasteiger partial charge on any atom is -0.497 e. The summed E-state index contributed by atoms with van der Waals surface area (Å²) in [4.78, 5) is 39.3. The zero-order chi connectivity index (χ0) is 24.7. The highest BCUT2D eigenvalue weighted by Gasteiger charge is 2.50. The third-order valence-electron chi connectivity index (χ3n) is 6.39. The summed E-state index contributed by atoms with van der Waals surface area (Å²) in [6.07, 6.45) is 0.804. The van der Waals surface area contributed by atoms with E-state index >= 15 is 0 Å². The monoisotopic (exact) mass is 466 g/mol. The van der Waals surface area contributed by atoms with Crippen LogP contribution in [0, 0.1) is 5.92 Å². The number of amides is 1. The van der Waals surface area contributed by atoms with E-state index in [9.17, 15) is 14.4 Å². The van der Waals surface area contributed by atoms with Gasteiger partial charge in [0.05, 0.1) is 25.8 Å². The molecule has 0 radical (unpaired) electrons. The van der Waals surface area contributed by atoms with Crippen LogP contribution in [0.15, 0.2) is 54.6 Å². The second kappa shape index (κ2) is 11.4. The van der Waals surface area contributed by atoms with Crippen molar-refractivity contribution in [3.05, 3.63) is 65.7 Å². The van der Waals surface area contributed by atoms with E-state index in [0.717, 1.165) is 16.9 Å². The molecule has 0 spiro atoms. The topological polar surface area (TPSA) is 97.0 Å². The zero-order valence-corrected chi connectivity index (χ0v) is 20.3. The first-order valence-corrected chi connectivity index (χ1v) is 11.6. The molecule has 7 nitrogen and oxygen atoms in total. The van der Waals surface area contributed by atoms with Gasteiger partial charge in [-0.2, -0.15) is 0 Å². The lowest BCUT2D eigenvalue weighted by atomic mass is 9.90. The van der Waals surface area contributed by atoms with E-state index in [4.69, 9.17) is 9.47 Å².